The smallest absolute Gasteiger partial charge is 0.294 e. The van der Waals surface area contributed by atoms with Crippen molar-refractivity contribution in [2.75, 3.05) is 0 Å². The molecule has 172 valence electrons. The van der Waals surface area contributed by atoms with Crippen molar-refractivity contribution in [3.05, 3.63) is 89.9 Å². The SMILES string of the molecule is CC(O[N+](=O)[O-])C(Cc1ccn(C2=CC(C)(C)Oc3ccc(C#N)cc32)c(=O)c1)O[N+](=O)[O-]. The summed E-state index contributed by atoms with van der Waals surface area (Å²) in [7, 11) is 0. The molecule has 0 saturated carbocycles. The summed E-state index contributed by atoms with van der Waals surface area (Å²) in [5, 5.41) is 28.5. The van der Waals surface area contributed by atoms with Gasteiger partial charge in [0.25, 0.3) is 15.7 Å². The zero-order chi connectivity index (χ0) is 24.3. The fourth-order valence-corrected chi connectivity index (χ4v) is 3.49. The molecule has 0 fully saturated rings. The molecule has 0 aliphatic carbocycles. The summed E-state index contributed by atoms with van der Waals surface area (Å²) >= 11 is 0. The third kappa shape index (κ3) is 5.45. The van der Waals surface area contributed by atoms with Crippen LogP contribution in [0, 0.1) is 31.6 Å². The molecule has 0 bridgehead atoms. The fourth-order valence-electron chi connectivity index (χ4n) is 3.49. The summed E-state index contributed by atoms with van der Waals surface area (Å²) < 4.78 is 7.30. The van der Waals surface area contributed by atoms with E-state index in [2.05, 4.69) is 15.7 Å². The molecule has 0 amide bonds. The molecule has 1 aromatic carbocycles. The molecule has 2 unspecified atom stereocenters. The van der Waals surface area contributed by atoms with Crippen LogP contribution in [0.5, 0.6) is 5.75 Å². The standard InChI is InChI=1S/C21H20N4O8/c1-13(32-24(27)28)19(33-25(29)30)9-14-6-7-23(20(26)10-14)17-11-21(2,3)31-18-5-4-15(12-22)8-16(17)18/h4-8,10-11,13,19H,9H2,1-3H3. The van der Waals surface area contributed by atoms with Crippen LogP contribution in [-0.2, 0) is 16.1 Å². The second kappa shape index (κ2) is 8.99. The van der Waals surface area contributed by atoms with E-state index in [4.69, 9.17) is 4.74 Å². The monoisotopic (exact) mass is 456 g/mol. The van der Waals surface area contributed by atoms with Crippen LogP contribution in [0.3, 0.4) is 0 Å². The third-order valence-corrected chi connectivity index (χ3v) is 4.92. The third-order valence-electron chi connectivity index (χ3n) is 4.92. The number of nitrogens with zero attached hydrogens (tertiary/aromatic N) is 4. The van der Waals surface area contributed by atoms with Crippen molar-refractivity contribution in [3.8, 4) is 11.8 Å². The topological polar surface area (TPSA) is 160 Å². The Morgan fingerprint density at radius 1 is 1.18 bits per heavy atom. The average molecular weight is 456 g/mol. The highest BCUT2D eigenvalue weighted by atomic mass is 17.0. The maximum absolute atomic E-state index is 13.0. The average Bonchev–Trinajstić information content (AvgIpc) is 2.71. The maximum Gasteiger partial charge on any atom is 0.294 e. The Hall–Kier alpha value is -4.40. The molecule has 0 radical (unpaired) electrons. The summed E-state index contributed by atoms with van der Waals surface area (Å²) in [6.07, 6.45) is 0.512. The van der Waals surface area contributed by atoms with Crippen LogP contribution < -0.4 is 10.3 Å². The molecule has 3 rings (SSSR count). The van der Waals surface area contributed by atoms with E-state index in [0.717, 1.165) is 0 Å². The van der Waals surface area contributed by atoms with Crippen molar-refractivity contribution in [1.29, 1.82) is 5.26 Å². The van der Waals surface area contributed by atoms with E-state index in [0.29, 0.717) is 28.1 Å². The van der Waals surface area contributed by atoms with Crippen LogP contribution in [0.2, 0.25) is 0 Å². The molecule has 2 aromatic rings. The quantitative estimate of drug-likeness (QED) is 0.429. The van der Waals surface area contributed by atoms with Crippen LogP contribution in [0.1, 0.15) is 37.5 Å². The number of fused-ring (bicyclic) bond motifs is 1. The van der Waals surface area contributed by atoms with E-state index in [1.807, 2.05) is 13.8 Å². The second-order valence-electron chi connectivity index (χ2n) is 7.91. The summed E-state index contributed by atoms with van der Waals surface area (Å²) in [5.74, 6) is 0.512. The highest BCUT2D eigenvalue weighted by molar-refractivity contribution is 5.74. The lowest BCUT2D eigenvalue weighted by molar-refractivity contribution is -0.798. The van der Waals surface area contributed by atoms with Gasteiger partial charge in [0.05, 0.1) is 17.3 Å². The Labute approximate surface area is 187 Å². The van der Waals surface area contributed by atoms with E-state index in [1.54, 1.807) is 30.3 Å². The zero-order valence-electron chi connectivity index (χ0n) is 18.0. The van der Waals surface area contributed by atoms with Crippen molar-refractivity contribution in [2.45, 2.75) is 45.0 Å². The minimum absolute atomic E-state index is 0.172. The van der Waals surface area contributed by atoms with Crippen molar-refractivity contribution in [1.82, 2.24) is 4.57 Å². The molecule has 33 heavy (non-hydrogen) atoms. The van der Waals surface area contributed by atoms with Crippen molar-refractivity contribution >= 4 is 5.70 Å². The van der Waals surface area contributed by atoms with Crippen LogP contribution in [0.4, 0.5) is 0 Å². The lowest BCUT2D eigenvalue weighted by Crippen LogP contribution is -2.35. The highest BCUT2D eigenvalue weighted by Gasteiger charge is 2.29. The molecule has 12 heteroatoms. The molecule has 1 aliphatic heterocycles. The van der Waals surface area contributed by atoms with Crippen LogP contribution in [0.15, 0.2) is 47.4 Å². The lowest BCUT2D eigenvalue weighted by Gasteiger charge is -2.31. The number of aromatic nitrogens is 1. The van der Waals surface area contributed by atoms with Gasteiger partial charge in [-0.15, -0.1) is 20.2 Å². The van der Waals surface area contributed by atoms with Gasteiger partial charge in [-0.25, -0.2) is 0 Å². The normalized spacial score (nSPS) is 15.6. The van der Waals surface area contributed by atoms with Gasteiger partial charge in [0.2, 0.25) is 0 Å². The van der Waals surface area contributed by atoms with Crippen molar-refractivity contribution < 1.29 is 24.6 Å². The molecule has 2 heterocycles. The van der Waals surface area contributed by atoms with Crippen molar-refractivity contribution in [2.24, 2.45) is 0 Å². The van der Waals surface area contributed by atoms with Gasteiger partial charge in [-0.2, -0.15) is 5.26 Å². The Bertz CT molecular complexity index is 1230. The summed E-state index contributed by atoms with van der Waals surface area (Å²) in [5.41, 5.74) is 0.650. The Balaban J connectivity index is 1.97. The molecule has 2 atom stereocenters. The number of ether oxygens (including phenoxy) is 1. The lowest BCUT2D eigenvalue weighted by atomic mass is 9.97. The zero-order valence-corrected chi connectivity index (χ0v) is 18.0. The van der Waals surface area contributed by atoms with E-state index in [1.165, 1.54) is 23.8 Å². The maximum atomic E-state index is 13.0. The molecule has 0 saturated heterocycles. The molecule has 12 nitrogen and oxygen atoms in total. The van der Waals surface area contributed by atoms with Gasteiger partial charge in [0.1, 0.15) is 23.6 Å². The fraction of sp³-hybridized carbons (Fsp3) is 0.333. The number of rotatable bonds is 8. The minimum atomic E-state index is -1.30. The van der Waals surface area contributed by atoms with Gasteiger partial charge in [-0.3, -0.25) is 9.36 Å². The van der Waals surface area contributed by atoms with E-state index < -0.39 is 33.5 Å². The predicted molar refractivity (Wildman–Crippen MR) is 113 cm³/mol. The minimum Gasteiger partial charge on any atom is -0.483 e. The summed E-state index contributed by atoms with van der Waals surface area (Å²) in [6, 6.07) is 9.76. The van der Waals surface area contributed by atoms with E-state index >= 15 is 0 Å². The Kier molecular flexibility index (Phi) is 6.34. The predicted octanol–water partition coefficient (Wildman–Crippen LogP) is 2.50. The van der Waals surface area contributed by atoms with Gasteiger partial charge in [-0.1, -0.05) is 0 Å². The first kappa shape index (κ1) is 23.3. The number of pyridine rings is 1. The number of nitriles is 1. The Morgan fingerprint density at radius 3 is 2.48 bits per heavy atom. The molecule has 1 aliphatic rings. The van der Waals surface area contributed by atoms with Crippen molar-refractivity contribution in [3.63, 3.8) is 0 Å². The summed E-state index contributed by atoms with van der Waals surface area (Å²) in [4.78, 5) is 43.3. The number of hydrogen-bond acceptors (Lipinski definition) is 9. The first-order chi connectivity index (χ1) is 15.5. The number of benzene rings is 1. The van der Waals surface area contributed by atoms with Gasteiger partial charge in [0.15, 0.2) is 0 Å². The molecular formula is C21H20N4O8. The van der Waals surface area contributed by atoms with Gasteiger partial charge >= 0.3 is 0 Å². The molecule has 0 N–H and O–H groups in total. The Morgan fingerprint density at radius 2 is 1.88 bits per heavy atom. The highest BCUT2D eigenvalue weighted by Crippen LogP contribution is 2.36. The largest absolute Gasteiger partial charge is 0.483 e. The summed E-state index contributed by atoms with van der Waals surface area (Å²) in [6.45, 7) is 4.91. The van der Waals surface area contributed by atoms with E-state index in [9.17, 15) is 30.3 Å². The van der Waals surface area contributed by atoms with Crippen LogP contribution in [0.25, 0.3) is 5.70 Å². The van der Waals surface area contributed by atoms with Crippen LogP contribution in [-0.4, -0.2) is 32.5 Å². The second-order valence-corrected chi connectivity index (χ2v) is 7.91. The van der Waals surface area contributed by atoms with Gasteiger partial charge in [0, 0.05) is 24.2 Å². The number of hydrogen-bond donors (Lipinski definition) is 0. The molecule has 0 spiro atoms. The molecule has 1 aromatic heterocycles. The van der Waals surface area contributed by atoms with Gasteiger partial charge < -0.3 is 14.4 Å². The van der Waals surface area contributed by atoms with E-state index in [-0.39, 0.29) is 6.42 Å². The first-order valence-corrected chi connectivity index (χ1v) is 9.80. The first-order valence-electron chi connectivity index (χ1n) is 9.80. The van der Waals surface area contributed by atoms with Gasteiger partial charge in [-0.05, 0) is 56.7 Å². The molecular weight excluding hydrogens is 436 g/mol. The van der Waals surface area contributed by atoms with Crippen LogP contribution >= 0.6 is 0 Å².